The summed E-state index contributed by atoms with van der Waals surface area (Å²) in [6.45, 7) is 11.3. The summed E-state index contributed by atoms with van der Waals surface area (Å²) in [5.41, 5.74) is 1.31. The molecule has 0 unspecified atom stereocenters. The zero-order valence-corrected chi connectivity index (χ0v) is 29.4. The first-order chi connectivity index (χ1) is 23.2. The van der Waals surface area contributed by atoms with Crippen LogP contribution in [0.15, 0.2) is 64.8 Å². The van der Waals surface area contributed by atoms with Crippen LogP contribution in [0.5, 0.6) is 5.75 Å². The van der Waals surface area contributed by atoms with Crippen molar-refractivity contribution in [3.63, 3.8) is 0 Å². The van der Waals surface area contributed by atoms with Gasteiger partial charge < -0.3 is 19.1 Å². The highest BCUT2D eigenvalue weighted by Gasteiger charge is 2.19. The van der Waals surface area contributed by atoms with Crippen LogP contribution in [0.25, 0.3) is 21.0 Å². The standard InChI is InChI=1S/C38H49N3O6S/c1-38(2,3)47-37(44)14-7-5-4-6-13-36(43)46-28-41-33-27-30(17-15-29(33)16-18-35(41)42)45-25-9-8-20-39-21-23-40(24-22-39)32-11-10-12-34-31(32)19-26-48-34/h10-12,15-19,26-27H,4-9,13-14,20-25,28H2,1-3H3. The number of carbonyl (C=O) groups excluding carboxylic acids is 2. The summed E-state index contributed by atoms with van der Waals surface area (Å²) in [5, 5.41) is 4.40. The molecule has 258 valence electrons. The Balaban J connectivity index is 1.00. The van der Waals surface area contributed by atoms with Crippen LogP contribution in [0.2, 0.25) is 0 Å². The van der Waals surface area contributed by atoms with E-state index in [2.05, 4.69) is 39.4 Å². The molecule has 2 aromatic heterocycles. The van der Waals surface area contributed by atoms with E-state index in [0.29, 0.717) is 30.7 Å². The molecule has 4 aromatic rings. The van der Waals surface area contributed by atoms with E-state index in [4.69, 9.17) is 14.2 Å². The zero-order valence-electron chi connectivity index (χ0n) is 28.6. The third-order valence-electron chi connectivity index (χ3n) is 8.57. The Labute approximate surface area is 287 Å². The van der Waals surface area contributed by atoms with E-state index >= 15 is 0 Å². The van der Waals surface area contributed by atoms with Crippen LogP contribution in [0.1, 0.15) is 72.1 Å². The zero-order chi connectivity index (χ0) is 33.9. The summed E-state index contributed by atoms with van der Waals surface area (Å²) in [4.78, 5) is 42.0. The predicted molar refractivity (Wildman–Crippen MR) is 193 cm³/mol. The van der Waals surface area contributed by atoms with Gasteiger partial charge in [-0.2, -0.15) is 0 Å². The first kappa shape index (κ1) is 35.4. The quantitative estimate of drug-likeness (QED) is 0.0898. The first-order valence-electron chi connectivity index (χ1n) is 17.2. The Bertz CT molecular complexity index is 1720. The summed E-state index contributed by atoms with van der Waals surface area (Å²) in [6, 6.07) is 17.8. The number of carbonyl (C=O) groups is 2. The van der Waals surface area contributed by atoms with Crippen molar-refractivity contribution in [3.05, 3.63) is 70.3 Å². The van der Waals surface area contributed by atoms with E-state index in [1.54, 1.807) is 17.4 Å². The van der Waals surface area contributed by atoms with E-state index < -0.39 is 5.60 Å². The number of anilines is 1. The van der Waals surface area contributed by atoms with Crippen molar-refractivity contribution in [1.29, 1.82) is 0 Å². The fraction of sp³-hybridized carbons (Fsp3) is 0.500. The summed E-state index contributed by atoms with van der Waals surface area (Å²) < 4.78 is 19.7. The fourth-order valence-electron chi connectivity index (χ4n) is 6.08. The first-order valence-corrected chi connectivity index (χ1v) is 18.1. The minimum absolute atomic E-state index is 0.146. The number of esters is 2. The molecule has 2 aromatic carbocycles. The van der Waals surface area contributed by atoms with Gasteiger partial charge in [-0.05, 0) is 100 Å². The smallest absolute Gasteiger partial charge is 0.307 e. The maximum Gasteiger partial charge on any atom is 0.307 e. The Kier molecular flexibility index (Phi) is 12.5. The number of thiophene rings is 1. The van der Waals surface area contributed by atoms with E-state index in [1.165, 1.54) is 26.4 Å². The molecule has 3 heterocycles. The highest BCUT2D eigenvalue weighted by atomic mass is 32.1. The van der Waals surface area contributed by atoms with E-state index in [1.807, 2.05) is 39.0 Å². The molecule has 0 atom stereocenters. The van der Waals surface area contributed by atoms with Gasteiger partial charge in [0, 0.05) is 66.9 Å². The highest BCUT2D eigenvalue weighted by molar-refractivity contribution is 7.17. The van der Waals surface area contributed by atoms with Crippen LogP contribution < -0.4 is 15.2 Å². The molecule has 9 nitrogen and oxygen atoms in total. The van der Waals surface area contributed by atoms with Crippen molar-refractivity contribution in [2.75, 3.05) is 44.2 Å². The van der Waals surface area contributed by atoms with Gasteiger partial charge in [0.15, 0.2) is 6.73 Å². The molecule has 0 bridgehead atoms. The lowest BCUT2D eigenvalue weighted by Crippen LogP contribution is -2.46. The van der Waals surface area contributed by atoms with Crippen LogP contribution >= 0.6 is 11.3 Å². The molecule has 5 rings (SSSR count). The molecule has 0 saturated carbocycles. The van der Waals surface area contributed by atoms with Gasteiger partial charge in [-0.3, -0.25) is 23.9 Å². The van der Waals surface area contributed by atoms with Crippen LogP contribution in [0.4, 0.5) is 5.69 Å². The van der Waals surface area contributed by atoms with Gasteiger partial charge in [0.25, 0.3) is 5.56 Å². The SMILES string of the molecule is CC(C)(C)OC(=O)CCCCCCC(=O)OCn1c(=O)ccc2ccc(OCCCCN3CCN(c4cccc5sccc45)CC3)cc21. The minimum atomic E-state index is -0.472. The van der Waals surface area contributed by atoms with Crippen molar-refractivity contribution in [2.24, 2.45) is 0 Å². The highest BCUT2D eigenvalue weighted by Crippen LogP contribution is 2.31. The normalized spacial score (nSPS) is 14.0. The number of piperazine rings is 1. The predicted octanol–water partition coefficient (Wildman–Crippen LogP) is 7.38. The van der Waals surface area contributed by atoms with Gasteiger partial charge in [0.1, 0.15) is 11.4 Å². The van der Waals surface area contributed by atoms with Crippen molar-refractivity contribution >= 4 is 50.0 Å². The number of hydrogen-bond donors (Lipinski definition) is 0. The number of unbranched alkanes of at least 4 members (excludes halogenated alkanes) is 4. The lowest BCUT2D eigenvalue weighted by molar-refractivity contribution is -0.155. The van der Waals surface area contributed by atoms with E-state index in [9.17, 15) is 14.4 Å². The van der Waals surface area contributed by atoms with Gasteiger partial charge in [0.05, 0.1) is 12.1 Å². The van der Waals surface area contributed by atoms with Gasteiger partial charge >= 0.3 is 11.9 Å². The van der Waals surface area contributed by atoms with Crippen molar-refractivity contribution in [2.45, 2.75) is 84.5 Å². The molecule has 1 fully saturated rings. The van der Waals surface area contributed by atoms with Crippen LogP contribution in [-0.2, 0) is 25.8 Å². The average molecular weight is 676 g/mol. The molecule has 0 amide bonds. The van der Waals surface area contributed by atoms with Gasteiger partial charge in [-0.15, -0.1) is 11.3 Å². The summed E-state index contributed by atoms with van der Waals surface area (Å²) in [5.74, 6) is 0.149. The molecule has 10 heteroatoms. The number of aromatic nitrogens is 1. The van der Waals surface area contributed by atoms with Crippen molar-refractivity contribution in [3.8, 4) is 5.75 Å². The number of hydrogen-bond acceptors (Lipinski definition) is 9. The molecule has 1 aliphatic rings. The van der Waals surface area contributed by atoms with Crippen molar-refractivity contribution in [1.82, 2.24) is 9.47 Å². The summed E-state index contributed by atoms with van der Waals surface area (Å²) in [7, 11) is 0. The number of nitrogens with zero attached hydrogens (tertiary/aromatic N) is 3. The van der Waals surface area contributed by atoms with Gasteiger partial charge in [-0.25, -0.2) is 0 Å². The number of fused-ring (bicyclic) bond motifs is 2. The minimum Gasteiger partial charge on any atom is -0.494 e. The largest absolute Gasteiger partial charge is 0.494 e. The lowest BCUT2D eigenvalue weighted by atomic mass is 10.1. The molecule has 0 radical (unpaired) electrons. The Morgan fingerprint density at radius 3 is 2.35 bits per heavy atom. The Morgan fingerprint density at radius 2 is 1.58 bits per heavy atom. The molecule has 1 aliphatic heterocycles. The molecular formula is C38H49N3O6S. The lowest BCUT2D eigenvalue weighted by Gasteiger charge is -2.36. The second-order valence-corrected chi connectivity index (χ2v) is 14.4. The number of pyridine rings is 1. The maximum atomic E-state index is 12.7. The van der Waals surface area contributed by atoms with E-state index in [0.717, 1.165) is 70.2 Å². The molecule has 1 saturated heterocycles. The topological polar surface area (TPSA) is 90.3 Å². The second kappa shape index (κ2) is 17.0. The number of benzene rings is 2. The summed E-state index contributed by atoms with van der Waals surface area (Å²) in [6.07, 6.45) is 5.68. The van der Waals surface area contributed by atoms with Crippen LogP contribution in [0.3, 0.4) is 0 Å². The van der Waals surface area contributed by atoms with Crippen LogP contribution in [-0.4, -0.2) is 66.3 Å². The molecule has 0 aliphatic carbocycles. The molecule has 0 spiro atoms. The third-order valence-corrected chi connectivity index (χ3v) is 9.46. The Hall–Kier alpha value is -3.89. The average Bonchev–Trinajstić information content (AvgIpc) is 3.55. The Morgan fingerprint density at radius 1 is 0.833 bits per heavy atom. The third kappa shape index (κ3) is 10.3. The van der Waals surface area contributed by atoms with Gasteiger partial charge in [-0.1, -0.05) is 18.9 Å². The van der Waals surface area contributed by atoms with E-state index in [-0.39, 0.29) is 30.6 Å². The maximum absolute atomic E-state index is 12.7. The van der Waals surface area contributed by atoms with Gasteiger partial charge in [0.2, 0.25) is 0 Å². The van der Waals surface area contributed by atoms with Crippen molar-refractivity contribution < 1.29 is 23.8 Å². The molecule has 48 heavy (non-hydrogen) atoms. The number of rotatable bonds is 16. The second-order valence-electron chi connectivity index (χ2n) is 13.5. The molecule has 0 N–H and O–H groups in total. The number of ether oxygens (including phenoxy) is 3. The summed E-state index contributed by atoms with van der Waals surface area (Å²) >= 11 is 1.80. The van der Waals surface area contributed by atoms with Crippen LogP contribution in [0, 0.1) is 0 Å². The fourth-order valence-corrected chi connectivity index (χ4v) is 6.89. The molecular weight excluding hydrogens is 627 g/mol. The monoisotopic (exact) mass is 675 g/mol.